The molecule has 0 aliphatic carbocycles. The van der Waals surface area contributed by atoms with Crippen LogP contribution >= 0.6 is 0 Å². The van der Waals surface area contributed by atoms with Gasteiger partial charge in [-0.25, -0.2) is 23.4 Å². The standard InChI is InChI=1S/C26H32N8O2S/c1-5-37(35,36)20(16-27)24-30-25-22(23(26(2,3)4)31-34(25)32-24)29-18-11-12-19-17(15-18)9-8-14-33(19)21-10-6-7-13-28-21/h6-7,10-13,15,20H,5,8-9,14,16,27H2,1-4H3. The van der Waals surface area contributed by atoms with Crippen molar-refractivity contribution in [1.82, 2.24) is 19.9 Å². The van der Waals surface area contributed by atoms with Gasteiger partial charge in [0.2, 0.25) is 5.82 Å². The van der Waals surface area contributed by atoms with Crippen molar-refractivity contribution in [3.05, 3.63) is 59.8 Å². The highest BCUT2D eigenvalue weighted by Gasteiger charge is 2.37. The van der Waals surface area contributed by atoms with Gasteiger partial charge in [-0.05, 0) is 48.7 Å². The number of aliphatic imine (C=N–C) groups is 1. The fourth-order valence-electron chi connectivity index (χ4n) is 4.68. The van der Waals surface area contributed by atoms with E-state index in [1.54, 1.807) is 6.92 Å². The fourth-order valence-corrected chi connectivity index (χ4v) is 5.79. The highest BCUT2D eigenvalue weighted by Crippen LogP contribution is 2.36. The molecule has 0 spiro atoms. The SMILES string of the molecule is CCS(=O)(=O)C(CN)c1nc2n(n1)N=C(C(C)(C)C)C2=Nc1ccc2c(c1)CCCN2c1ccccn1. The summed E-state index contributed by atoms with van der Waals surface area (Å²) in [6.07, 6.45) is 3.77. The van der Waals surface area contributed by atoms with E-state index >= 15 is 0 Å². The average Bonchev–Trinajstić information content (AvgIpc) is 3.43. The maximum absolute atomic E-state index is 12.6. The van der Waals surface area contributed by atoms with Crippen LogP contribution in [0.5, 0.6) is 0 Å². The van der Waals surface area contributed by atoms with Gasteiger partial charge in [-0.1, -0.05) is 33.8 Å². The molecule has 0 saturated heterocycles. The van der Waals surface area contributed by atoms with Gasteiger partial charge in [0.05, 0.1) is 11.4 Å². The summed E-state index contributed by atoms with van der Waals surface area (Å²) in [5.74, 6) is 1.47. The van der Waals surface area contributed by atoms with E-state index in [0.717, 1.165) is 42.3 Å². The number of pyridine rings is 1. The molecular formula is C26H32N8O2S. The molecule has 2 aliphatic heterocycles. The minimum absolute atomic E-state index is 0.0408. The molecule has 0 fully saturated rings. The first-order valence-electron chi connectivity index (χ1n) is 12.5. The molecule has 2 N–H and O–H groups in total. The molecule has 1 atom stereocenters. The van der Waals surface area contributed by atoms with Gasteiger partial charge in [-0.15, -0.1) is 9.89 Å². The van der Waals surface area contributed by atoms with E-state index in [9.17, 15) is 8.42 Å². The van der Waals surface area contributed by atoms with Crippen LogP contribution in [0, 0.1) is 5.41 Å². The first-order valence-corrected chi connectivity index (χ1v) is 14.2. The molecule has 2 aliphatic rings. The monoisotopic (exact) mass is 520 g/mol. The van der Waals surface area contributed by atoms with Crippen molar-refractivity contribution in [2.45, 2.75) is 45.8 Å². The summed E-state index contributed by atoms with van der Waals surface area (Å²) < 4.78 is 25.2. The maximum Gasteiger partial charge on any atom is 0.204 e. The zero-order valence-corrected chi connectivity index (χ0v) is 22.4. The zero-order valence-electron chi connectivity index (χ0n) is 21.6. The van der Waals surface area contributed by atoms with Gasteiger partial charge < -0.3 is 10.6 Å². The van der Waals surface area contributed by atoms with Crippen LogP contribution in [0.4, 0.5) is 17.2 Å². The van der Waals surface area contributed by atoms with Crippen LogP contribution in [0.2, 0.25) is 0 Å². The second kappa shape index (κ2) is 9.46. The van der Waals surface area contributed by atoms with Crippen molar-refractivity contribution in [3.8, 4) is 0 Å². The molecule has 37 heavy (non-hydrogen) atoms. The number of rotatable bonds is 6. The lowest BCUT2D eigenvalue weighted by Gasteiger charge is -2.30. The van der Waals surface area contributed by atoms with Crippen LogP contribution in [0.15, 0.2) is 52.7 Å². The molecule has 1 aromatic carbocycles. The number of nitrogens with two attached hydrogens (primary N) is 1. The molecule has 2 aromatic heterocycles. The molecule has 194 valence electrons. The largest absolute Gasteiger partial charge is 0.329 e. The Morgan fingerprint density at radius 1 is 1.19 bits per heavy atom. The van der Waals surface area contributed by atoms with E-state index in [0.29, 0.717) is 11.5 Å². The molecule has 0 bridgehead atoms. The third-order valence-electron chi connectivity index (χ3n) is 6.63. The van der Waals surface area contributed by atoms with Gasteiger partial charge >= 0.3 is 0 Å². The number of hydrogen-bond donors (Lipinski definition) is 1. The van der Waals surface area contributed by atoms with Crippen molar-refractivity contribution in [2.24, 2.45) is 21.2 Å². The summed E-state index contributed by atoms with van der Waals surface area (Å²) in [5.41, 5.74) is 9.93. The van der Waals surface area contributed by atoms with Crippen molar-refractivity contribution in [2.75, 3.05) is 23.7 Å². The minimum Gasteiger partial charge on any atom is -0.329 e. The summed E-state index contributed by atoms with van der Waals surface area (Å²) in [4.78, 5) is 17.7. The third-order valence-corrected chi connectivity index (χ3v) is 8.71. The van der Waals surface area contributed by atoms with E-state index < -0.39 is 15.1 Å². The van der Waals surface area contributed by atoms with Crippen LogP contribution in [0.1, 0.15) is 56.6 Å². The Bertz CT molecular complexity index is 1490. The predicted molar refractivity (Wildman–Crippen MR) is 146 cm³/mol. The number of hydrogen-bond acceptors (Lipinski definition) is 9. The summed E-state index contributed by atoms with van der Waals surface area (Å²) >= 11 is 0. The molecule has 5 rings (SSSR count). The lowest BCUT2D eigenvalue weighted by molar-refractivity contribution is 0.575. The van der Waals surface area contributed by atoms with Crippen LogP contribution in [0.3, 0.4) is 0 Å². The van der Waals surface area contributed by atoms with Crippen LogP contribution in [-0.2, 0) is 16.3 Å². The Labute approximate surface area is 217 Å². The Kier molecular flexibility index (Phi) is 6.45. The lowest BCUT2D eigenvalue weighted by atomic mass is 9.87. The van der Waals surface area contributed by atoms with E-state index in [-0.39, 0.29) is 23.5 Å². The molecule has 4 heterocycles. The first kappa shape index (κ1) is 25.2. The maximum atomic E-state index is 12.6. The quantitative estimate of drug-likeness (QED) is 0.525. The topological polar surface area (TPSA) is 132 Å². The Morgan fingerprint density at radius 2 is 2.00 bits per heavy atom. The van der Waals surface area contributed by atoms with E-state index in [4.69, 9.17) is 10.7 Å². The average molecular weight is 521 g/mol. The van der Waals surface area contributed by atoms with Gasteiger partial charge in [0, 0.05) is 36.1 Å². The van der Waals surface area contributed by atoms with E-state index in [1.165, 1.54) is 10.4 Å². The smallest absolute Gasteiger partial charge is 0.204 e. The molecule has 10 nitrogen and oxygen atoms in total. The molecule has 0 amide bonds. The van der Waals surface area contributed by atoms with Crippen molar-refractivity contribution < 1.29 is 8.42 Å². The molecule has 11 heteroatoms. The second-order valence-electron chi connectivity index (χ2n) is 10.3. The molecule has 3 aromatic rings. The lowest BCUT2D eigenvalue weighted by Crippen LogP contribution is -2.28. The van der Waals surface area contributed by atoms with Gasteiger partial charge in [0.25, 0.3) is 0 Å². The van der Waals surface area contributed by atoms with Crippen molar-refractivity contribution >= 4 is 38.5 Å². The Morgan fingerprint density at radius 3 is 2.68 bits per heavy atom. The number of aryl methyl sites for hydroxylation is 1. The highest BCUT2D eigenvalue weighted by molar-refractivity contribution is 7.91. The second-order valence-corrected chi connectivity index (χ2v) is 12.7. The van der Waals surface area contributed by atoms with Crippen LogP contribution in [-0.4, -0.2) is 58.5 Å². The Balaban J connectivity index is 1.56. The minimum atomic E-state index is -3.47. The van der Waals surface area contributed by atoms with Crippen molar-refractivity contribution in [3.63, 3.8) is 0 Å². The van der Waals surface area contributed by atoms with Crippen LogP contribution < -0.4 is 10.6 Å². The first-order chi connectivity index (χ1) is 17.6. The normalized spacial score (nSPS) is 17.5. The number of fused-ring (bicyclic) bond motifs is 2. The molecule has 1 unspecified atom stereocenters. The summed E-state index contributed by atoms with van der Waals surface area (Å²) in [6.45, 7) is 8.56. The van der Waals surface area contributed by atoms with Gasteiger partial charge in [-0.2, -0.15) is 5.10 Å². The molecule has 0 radical (unpaired) electrons. The predicted octanol–water partition coefficient (Wildman–Crippen LogP) is 3.58. The summed E-state index contributed by atoms with van der Waals surface area (Å²) in [7, 11) is -3.47. The summed E-state index contributed by atoms with van der Waals surface area (Å²) in [5, 5.41) is 8.09. The van der Waals surface area contributed by atoms with Gasteiger partial charge in [0.15, 0.2) is 15.7 Å². The number of benzene rings is 1. The Hall–Kier alpha value is -3.44. The van der Waals surface area contributed by atoms with E-state index in [1.807, 2.05) is 30.5 Å². The number of nitrogens with zero attached hydrogens (tertiary/aromatic N) is 7. The number of aromatic nitrogens is 4. The highest BCUT2D eigenvalue weighted by atomic mass is 32.2. The zero-order chi connectivity index (χ0) is 26.4. The summed E-state index contributed by atoms with van der Waals surface area (Å²) in [6, 6.07) is 12.1. The molecular weight excluding hydrogens is 488 g/mol. The number of anilines is 2. The van der Waals surface area contributed by atoms with Crippen molar-refractivity contribution in [1.29, 1.82) is 0 Å². The molecule has 0 saturated carbocycles. The third kappa shape index (κ3) is 4.69. The van der Waals surface area contributed by atoms with Crippen LogP contribution in [0.25, 0.3) is 0 Å². The fraction of sp³-hybridized carbons (Fsp3) is 0.423. The van der Waals surface area contributed by atoms with Gasteiger partial charge in [-0.3, -0.25) is 0 Å². The van der Waals surface area contributed by atoms with E-state index in [2.05, 4.69) is 58.0 Å². The number of sulfone groups is 1. The van der Waals surface area contributed by atoms with Gasteiger partial charge in [0.1, 0.15) is 16.8 Å².